The summed E-state index contributed by atoms with van der Waals surface area (Å²) in [6.07, 6.45) is 3.45. The molecule has 2 N–H and O–H groups in total. The van der Waals surface area contributed by atoms with E-state index in [9.17, 15) is 14.7 Å². The van der Waals surface area contributed by atoms with Crippen LogP contribution in [-0.4, -0.2) is 26.9 Å². The highest BCUT2D eigenvalue weighted by Crippen LogP contribution is 2.08. The van der Waals surface area contributed by atoms with Gasteiger partial charge in [-0.15, -0.1) is 0 Å². The third-order valence-electron chi connectivity index (χ3n) is 1.44. The van der Waals surface area contributed by atoms with Crippen LogP contribution in [0.2, 0.25) is 0 Å². The second-order valence-corrected chi connectivity index (χ2v) is 2.44. The lowest BCUT2D eigenvalue weighted by molar-refractivity contribution is -0.146. The van der Waals surface area contributed by atoms with Gasteiger partial charge in [0.2, 0.25) is 0 Å². The van der Waals surface area contributed by atoms with Gasteiger partial charge in [0.1, 0.15) is 5.76 Å². The van der Waals surface area contributed by atoms with Crippen molar-refractivity contribution in [1.29, 1.82) is 0 Å². The standard InChI is InChI=1S/C9H7NO4/c11-7(4-8(12)9(13)14)6-2-1-3-10-5-6/h1-5,11H,(H,13,14)/b7-4-. The SMILES string of the molecule is O=C(O)C(=O)/C=C(\O)c1cccnc1. The van der Waals surface area contributed by atoms with Crippen LogP contribution in [0.3, 0.4) is 0 Å². The highest BCUT2D eigenvalue weighted by Gasteiger charge is 2.09. The molecular formula is C9H7NO4. The molecule has 1 aromatic rings. The molecule has 1 heterocycles. The Kier molecular flexibility index (Phi) is 2.96. The number of ketones is 1. The Morgan fingerprint density at radius 1 is 1.36 bits per heavy atom. The lowest BCUT2D eigenvalue weighted by Gasteiger charge is -1.96. The topological polar surface area (TPSA) is 87.5 Å². The Balaban J connectivity index is 2.91. The van der Waals surface area contributed by atoms with Crippen molar-refractivity contribution in [2.45, 2.75) is 0 Å². The molecule has 5 nitrogen and oxygen atoms in total. The van der Waals surface area contributed by atoms with E-state index in [4.69, 9.17) is 5.11 Å². The fraction of sp³-hybridized carbons (Fsp3) is 0. The van der Waals surface area contributed by atoms with Gasteiger partial charge in [0.15, 0.2) is 0 Å². The van der Waals surface area contributed by atoms with E-state index in [0.717, 1.165) is 0 Å². The van der Waals surface area contributed by atoms with Gasteiger partial charge in [-0.2, -0.15) is 0 Å². The van der Waals surface area contributed by atoms with Crippen LogP contribution in [0.5, 0.6) is 0 Å². The van der Waals surface area contributed by atoms with E-state index >= 15 is 0 Å². The Bertz CT molecular complexity index is 383. The molecule has 1 rings (SSSR count). The minimum atomic E-state index is -1.61. The average molecular weight is 193 g/mol. The van der Waals surface area contributed by atoms with Crippen LogP contribution in [-0.2, 0) is 9.59 Å². The molecule has 0 aliphatic carbocycles. The number of hydrogen-bond donors (Lipinski definition) is 2. The van der Waals surface area contributed by atoms with Crippen LogP contribution < -0.4 is 0 Å². The minimum absolute atomic E-state index is 0.294. The molecule has 1 aromatic heterocycles. The first kappa shape index (κ1) is 9.91. The smallest absolute Gasteiger partial charge is 0.376 e. The number of hydrogen-bond acceptors (Lipinski definition) is 4. The lowest BCUT2D eigenvalue weighted by atomic mass is 10.2. The number of rotatable bonds is 3. The van der Waals surface area contributed by atoms with Crippen LogP contribution in [0, 0.1) is 0 Å². The number of aliphatic carboxylic acids is 1. The van der Waals surface area contributed by atoms with Crippen LogP contribution in [0.25, 0.3) is 5.76 Å². The maximum absolute atomic E-state index is 10.7. The van der Waals surface area contributed by atoms with Crippen molar-refractivity contribution in [3.8, 4) is 0 Å². The average Bonchev–Trinajstić information content (AvgIpc) is 2.19. The number of aliphatic hydroxyl groups excluding tert-OH is 1. The molecule has 0 aliphatic heterocycles. The van der Waals surface area contributed by atoms with Crippen LogP contribution in [0.4, 0.5) is 0 Å². The molecule has 0 bridgehead atoms. The first-order valence-corrected chi connectivity index (χ1v) is 3.69. The van der Waals surface area contributed by atoms with Gasteiger partial charge in [0.25, 0.3) is 5.78 Å². The van der Waals surface area contributed by atoms with Gasteiger partial charge in [-0.25, -0.2) is 4.79 Å². The molecule has 0 aliphatic rings. The molecule has 0 radical (unpaired) electrons. The van der Waals surface area contributed by atoms with Crippen molar-refractivity contribution in [1.82, 2.24) is 4.98 Å². The number of pyridine rings is 1. The maximum atomic E-state index is 10.7. The Morgan fingerprint density at radius 2 is 2.07 bits per heavy atom. The highest BCUT2D eigenvalue weighted by molar-refractivity contribution is 6.38. The number of carboxylic acid groups (broad SMARTS) is 1. The minimum Gasteiger partial charge on any atom is -0.507 e. The van der Waals surface area contributed by atoms with E-state index in [0.29, 0.717) is 11.6 Å². The molecule has 0 aromatic carbocycles. The summed E-state index contributed by atoms with van der Waals surface area (Å²) >= 11 is 0. The van der Waals surface area contributed by atoms with Gasteiger partial charge in [-0.3, -0.25) is 9.78 Å². The van der Waals surface area contributed by atoms with Gasteiger partial charge in [-0.05, 0) is 12.1 Å². The Hall–Kier alpha value is -2.17. The van der Waals surface area contributed by atoms with Crippen LogP contribution in [0.15, 0.2) is 30.6 Å². The number of carboxylic acids is 1. The molecule has 0 fully saturated rings. The molecule has 0 unspecified atom stereocenters. The van der Waals surface area contributed by atoms with E-state index in [2.05, 4.69) is 4.98 Å². The fourth-order valence-electron chi connectivity index (χ4n) is 0.784. The van der Waals surface area contributed by atoms with Crippen molar-refractivity contribution in [2.75, 3.05) is 0 Å². The van der Waals surface area contributed by atoms with Crippen molar-refractivity contribution in [3.05, 3.63) is 36.2 Å². The first-order chi connectivity index (χ1) is 6.61. The van der Waals surface area contributed by atoms with E-state index in [1.54, 1.807) is 6.07 Å². The molecule has 14 heavy (non-hydrogen) atoms. The van der Waals surface area contributed by atoms with E-state index in [-0.39, 0.29) is 0 Å². The molecule has 5 heteroatoms. The van der Waals surface area contributed by atoms with Gasteiger partial charge >= 0.3 is 5.97 Å². The predicted molar refractivity (Wildman–Crippen MR) is 47.5 cm³/mol. The van der Waals surface area contributed by atoms with Gasteiger partial charge < -0.3 is 10.2 Å². The zero-order valence-electron chi connectivity index (χ0n) is 7.04. The van der Waals surface area contributed by atoms with Crippen molar-refractivity contribution in [2.24, 2.45) is 0 Å². The van der Waals surface area contributed by atoms with Crippen molar-refractivity contribution >= 4 is 17.5 Å². The molecule has 72 valence electrons. The number of nitrogens with zero attached hydrogens (tertiary/aromatic N) is 1. The molecule has 0 saturated heterocycles. The summed E-state index contributed by atoms with van der Waals surface area (Å²) in [6, 6.07) is 3.07. The Labute approximate surface area is 79.3 Å². The molecule has 0 saturated carbocycles. The van der Waals surface area contributed by atoms with Gasteiger partial charge in [0, 0.05) is 24.0 Å². The van der Waals surface area contributed by atoms with Gasteiger partial charge in [-0.1, -0.05) is 0 Å². The number of carbonyl (C=O) groups is 2. The second kappa shape index (κ2) is 4.18. The predicted octanol–water partition coefficient (Wildman–Crippen LogP) is 0.634. The van der Waals surface area contributed by atoms with E-state index in [1.807, 2.05) is 0 Å². The quantitative estimate of drug-likeness (QED) is 0.417. The van der Waals surface area contributed by atoms with Crippen molar-refractivity contribution in [3.63, 3.8) is 0 Å². The Morgan fingerprint density at radius 3 is 2.57 bits per heavy atom. The first-order valence-electron chi connectivity index (χ1n) is 3.69. The van der Waals surface area contributed by atoms with Crippen LogP contribution in [0.1, 0.15) is 5.56 Å². The zero-order chi connectivity index (χ0) is 10.6. The summed E-state index contributed by atoms with van der Waals surface area (Å²) in [5, 5.41) is 17.5. The third-order valence-corrected chi connectivity index (χ3v) is 1.44. The summed E-state index contributed by atoms with van der Waals surface area (Å²) in [5.41, 5.74) is 0.294. The number of aliphatic hydroxyl groups is 1. The number of carbonyl (C=O) groups excluding carboxylic acids is 1. The highest BCUT2D eigenvalue weighted by atomic mass is 16.4. The second-order valence-electron chi connectivity index (χ2n) is 2.44. The zero-order valence-corrected chi connectivity index (χ0v) is 7.04. The van der Waals surface area contributed by atoms with Gasteiger partial charge in [0.05, 0.1) is 0 Å². The molecule has 0 amide bonds. The number of aromatic nitrogens is 1. The fourth-order valence-corrected chi connectivity index (χ4v) is 0.784. The summed E-state index contributed by atoms with van der Waals surface area (Å²) < 4.78 is 0. The largest absolute Gasteiger partial charge is 0.507 e. The summed E-state index contributed by atoms with van der Waals surface area (Å²) in [5.74, 6) is -3.20. The van der Waals surface area contributed by atoms with E-state index < -0.39 is 17.5 Å². The monoisotopic (exact) mass is 193 g/mol. The summed E-state index contributed by atoms with van der Waals surface area (Å²) in [6.45, 7) is 0. The third kappa shape index (κ3) is 2.41. The van der Waals surface area contributed by atoms with Crippen molar-refractivity contribution < 1.29 is 19.8 Å². The van der Waals surface area contributed by atoms with E-state index in [1.165, 1.54) is 18.5 Å². The maximum Gasteiger partial charge on any atom is 0.376 e. The molecular weight excluding hydrogens is 186 g/mol. The summed E-state index contributed by atoms with van der Waals surface area (Å²) in [7, 11) is 0. The van der Waals surface area contributed by atoms with Crippen LogP contribution >= 0.6 is 0 Å². The molecule has 0 spiro atoms. The lowest BCUT2D eigenvalue weighted by Crippen LogP contribution is -2.09. The summed E-state index contributed by atoms with van der Waals surface area (Å²) in [4.78, 5) is 24.5. The molecule has 0 atom stereocenters. The normalized spacial score (nSPS) is 11.0.